The molecule has 1 aromatic carbocycles. The zero-order valence-corrected chi connectivity index (χ0v) is 19.4. The quantitative estimate of drug-likeness (QED) is 0.592. The first-order valence-electron chi connectivity index (χ1n) is 12.0. The molecule has 0 unspecified atom stereocenters. The van der Waals surface area contributed by atoms with Crippen LogP contribution in [0.15, 0.2) is 30.5 Å². The Labute approximate surface area is 201 Å². The third-order valence-electron chi connectivity index (χ3n) is 7.24. The molecule has 0 spiro atoms. The average molecular weight is 484 g/mol. The number of rotatable bonds is 5. The normalized spacial score (nSPS) is 25.7. The van der Waals surface area contributed by atoms with Gasteiger partial charge >= 0.3 is 0 Å². The minimum atomic E-state index is -0.668. The number of nitrogens with one attached hydrogen (secondary N) is 1. The summed E-state index contributed by atoms with van der Waals surface area (Å²) in [5.41, 5.74) is 1.42. The van der Waals surface area contributed by atoms with Crippen LogP contribution >= 0.6 is 0 Å². The molecule has 9 nitrogen and oxygen atoms in total. The number of aryl methyl sites for hydroxylation is 1. The summed E-state index contributed by atoms with van der Waals surface area (Å²) in [4.78, 5) is 7.08. The van der Waals surface area contributed by atoms with Gasteiger partial charge in [-0.2, -0.15) is 10.1 Å². The molecule has 0 amide bonds. The lowest BCUT2D eigenvalue weighted by Gasteiger charge is -2.39. The molecule has 1 saturated heterocycles. The van der Waals surface area contributed by atoms with Gasteiger partial charge in [0, 0.05) is 44.4 Å². The van der Waals surface area contributed by atoms with E-state index >= 15 is 0 Å². The lowest BCUT2D eigenvalue weighted by atomic mass is 9.92. The van der Waals surface area contributed by atoms with Gasteiger partial charge in [-0.3, -0.25) is 0 Å². The molecule has 1 saturated carbocycles. The predicted octanol–water partition coefficient (Wildman–Crippen LogP) is 3.19. The lowest BCUT2D eigenvalue weighted by molar-refractivity contribution is 0.0808. The molecule has 2 bridgehead atoms. The third kappa shape index (κ3) is 4.29. The zero-order chi connectivity index (χ0) is 23.9. The maximum Gasteiger partial charge on any atom is 0.242 e. The van der Waals surface area contributed by atoms with Crippen molar-refractivity contribution in [3.63, 3.8) is 0 Å². The number of fused-ring (bicyclic) bond motifs is 3. The average Bonchev–Trinajstić information content (AvgIpc) is 3.25. The van der Waals surface area contributed by atoms with Gasteiger partial charge < -0.3 is 19.7 Å². The number of halogens is 2. The van der Waals surface area contributed by atoms with Crippen molar-refractivity contribution in [1.82, 2.24) is 25.0 Å². The number of anilines is 2. The van der Waals surface area contributed by atoms with E-state index in [9.17, 15) is 8.78 Å². The number of methoxy groups -OCH3 is 1. The van der Waals surface area contributed by atoms with E-state index in [4.69, 9.17) is 19.6 Å². The summed E-state index contributed by atoms with van der Waals surface area (Å²) in [6, 6.07) is 5.62. The van der Waals surface area contributed by atoms with E-state index in [1.807, 2.05) is 6.07 Å². The third-order valence-corrected chi connectivity index (χ3v) is 7.24. The van der Waals surface area contributed by atoms with E-state index in [0.29, 0.717) is 48.2 Å². The SMILES string of the molecule is COc1cc(N2C[C@H]3CC[C@@H](C2)[C@@H]3Nc2nc3n(n2)CCCO[C@H]3c2cc(F)cc(F)c2)cnn1. The fraction of sp³-hybridized carbons (Fsp3) is 0.500. The highest BCUT2D eigenvalue weighted by Crippen LogP contribution is 2.40. The maximum absolute atomic E-state index is 13.9. The Hall–Kier alpha value is -3.34. The van der Waals surface area contributed by atoms with Crippen LogP contribution in [-0.2, 0) is 11.3 Å². The molecule has 3 aromatic rings. The second kappa shape index (κ2) is 9.03. The van der Waals surface area contributed by atoms with E-state index in [1.54, 1.807) is 18.0 Å². The highest BCUT2D eigenvalue weighted by Gasteiger charge is 2.43. The van der Waals surface area contributed by atoms with Crippen LogP contribution in [0, 0.1) is 23.5 Å². The molecule has 6 rings (SSSR count). The van der Waals surface area contributed by atoms with E-state index in [-0.39, 0.29) is 6.04 Å². The van der Waals surface area contributed by atoms with Crippen LogP contribution in [-0.4, -0.2) is 57.8 Å². The second-order valence-corrected chi connectivity index (χ2v) is 9.45. The number of benzene rings is 1. The largest absolute Gasteiger partial charge is 0.480 e. The van der Waals surface area contributed by atoms with Gasteiger partial charge in [-0.25, -0.2) is 13.5 Å². The Morgan fingerprint density at radius 3 is 2.60 bits per heavy atom. The van der Waals surface area contributed by atoms with E-state index in [1.165, 1.54) is 12.1 Å². The molecular formula is C24H27F2N7O2. The standard InChI is InChI=1S/C24H27F2N7O2/c1-34-20-10-19(11-27-30-20)32-12-14-3-4-15(13-32)21(14)28-24-29-23-22(35-6-2-5-33(23)31-24)16-7-17(25)9-18(26)8-16/h7-11,14-15,21-22H,2-6,12-13H2,1H3,(H,28,31)/t14-,15+,21-,22-/m0/s1. The molecule has 2 fully saturated rings. The topological polar surface area (TPSA) is 90.2 Å². The summed E-state index contributed by atoms with van der Waals surface area (Å²) in [6.07, 6.45) is 4.10. The van der Waals surface area contributed by atoms with Gasteiger partial charge in [0.25, 0.3) is 0 Å². The molecule has 4 heterocycles. The molecule has 2 aromatic heterocycles. The van der Waals surface area contributed by atoms with Crippen molar-refractivity contribution in [1.29, 1.82) is 0 Å². The second-order valence-electron chi connectivity index (χ2n) is 9.45. The molecular weight excluding hydrogens is 456 g/mol. The van der Waals surface area contributed by atoms with Gasteiger partial charge in [-0.1, -0.05) is 0 Å². The Morgan fingerprint density at radius 1 is 1.09 bits per heavy atom. The van der Waals surface area contributed by atoms with Crippen LogP contribution in [0.5, 0.6) is 5.88 Å². The molecule has 4 atom stereocenters. The summed E-state index contributed by atoms with van der Waals surface area (Å²) in [7, 11) is 1.59. The van der Waals surface area contributed by atoms with Gasteiger partial charge in [0.15, 0.2) is 5.82 Å². The molecule has 11 heteroatoms. The van der Waals surface area contributed by atoms with Crippen LogP contribution in [0.1, 0.15) is 36.8 Å². The fourth-order valence-corrected chi connectivity index (χ4v) is 5.66. The zero-order valence-electron chi connectivity index (χ0n) is 19.4. The molecule has 35 heavy (non-hydrogen) atoms. The van der Waals surface area contributed by atoms with Gasteiger partial charge in [0.2, 0.25) is 11.8 Å². The Kier molecular flexibility index (Phi) is 5.71. The van der Waals surface area contributed by atoms with Crippen LogP contribution in [0.2, 0.25) is 0 Å². The Bertz CT molecular complexity index is 1190. The number of hydrogen-bond acceptors (Lipinski definition) is 8. The highest BCUT2D eigenvalue weighted by atomic mass is 19.1. The van der Waals surface area contributed by atoms with Crippen LogP contribution < -0.4 is 15.0 Å². The van der Waals surface area contributed by atoms with Gasteiger partial charge in [-0.05, 0) is 48.8 Å². The van der Waals surface area contributed by atoms with E-state index in [2.05, 4.69) is 20.4 Å². The first-order chi connectivity index (χ1) is 17.1. The summed E-state index contributed by atoms with van der Waals surface area (Å²) in [6.45, 7) is 2.89. The van der Waals surface area contributed by atoms with E-state index < -0.39 is 17.7 Å². The van der Waals surface area contributed by atoms with Gasteiger partial charge in [-0.15, -0.1) is 10.2 Å². The van der Waals surface area contributed by atoms with Crippen molar-refractivity contribution >= 4 is 11.6 Å². The van der Waals surface area contributed by atoms with Crippen molar-refractivity contribution in [3.8, 4) is 5.88 Å². The minimum absolute atomic E-state index is 0.251. The van der Waals surface area contributed by atoms with Crippen LogP contribution in [0.3, 0.4) is 0 Å². The first-order valence-corrected chi connectivity index (χ1v) is 12.0. The van der Waals surface area contributed by atoms with Gasteiger partial charge in [0.1, 0.15) is 17.7 Å². The lowest BCUT2D eigenvalue weighted by Crippen LogP contribution is -2.48. The Morgan fingerprint density at radius 2 is 1.86 bits per heavy atom. The van der Waals surface area contributed by atoms with Crippen molar-refractivity contribution in [2.75, 3.05) is 37.0 Å². The molecule has 0 radical (unpaired) electrons. The smallest absolute Gasteiger partial charge is 0.242 e. The predicted molar refractivity (Wildman–Crippen MR) is 123 cm³/mol. The Balaban J connectivity index is 1.21. The van der Waals surface area contributed by atoms with E-state index in [0.717, 1.165) is 44.1 Å². The summed E-state index contributed by atoms with van der Waals surface area (Å²) in [5.74, 6) is 1.20. The number of aromatic nitrogens is 5. The highest BCUT2D eigenvalue weighted by molar-refractivity contribution is 5.48. The molecule has 184 valence electrons. The molecule has 2 aliphatic heterocycles. The summed E-state index contributed by atoms with van der Waals surface area (Å²) >= 11 is 0. The summed E-state index contributed by atoms with van der Waals surface area (Å²) in [5, 5.41) is 16.3. The molecule has 3 aliphatic rings. The number of piperidine rings is 1. The summed E-state index contributed by atoms with van der Waals surface area (Å²) < 4.78 is 40.8. The maximum atomic E-state index is 13.9. The van der Waals surface area contributed by atoms with Crippen LogP contribution in [0.25, 0.3) is 0 Å². The fourth-order valence-electron chi connectivity index (χ4n) is 5.66. The van der Waals surface area contributed by atoms with Crippen molar-refractivity contribution in [2.45, 2.75) is 38.0 Å². The molecule has 1 N–H and O–H groups in total. The van der Waals surface area contributed by atoms with Crippen molar-refractivity contribution in [3.05, 3.63) is 53.5 Å². The monoisotopic (exact) mass is 483 g/mol. The molecule has 1 aliphatic carbocycles. The number of nitrogens with zero attached hydrogens (tertiary/aromatic N) is 6. The van der Waals surface area contributed by atoms with Crippen LogP contribution in [0.4, 0.5) is 20.4 Å². The van der Waals surface area contributed by atoms with Crippen molar-refractivity contribution in [2.24, 2.45) is 11.8 Å². The number of hydrogen-bond donors (Lipinski definition) is 1. The number of ether oxygens (including phenoxy) is 2. The minimum Gasteiger partial charge on any atom is -0.480 e. The van der Waals surface area contributed by atoms with Crippen molar-refractivity contribution < 1.29 is 18.3 Å². The first kappa shape index (κ1) is 22.1. The van der Waals surface area contributed by atoms with Gasteiger partial charge in [0.05, 0.1) is 19.0 Å².